The van der Waals surface area contributed by atoms with Crippen LogP contribution in [0.4, 0.5) is 0 Å². The molecule has 0 bridgehead atoms. The van der Waals surface area contributed by atoms with Crippen molar-refractivity contribution in [1.82, 2.24) is 19.9 Å². The number of rotatable bonds is 4. The number of aromatic nitrogens is 1. The summed E-state index contributed by atoms with van der Waals surface area (Å²) >= 11 is 0. The van der Waals surface area contributed by atoms with Crippen molar-refractivity contribution in [3.63, 3.8) is 0 Å². The van der Waals surface area contributed by atoms with Gasteiger partial charge in [-0.1, -0.05) is 35.5 Å². The largest absolute Gasteiger partial charge is 0.355 e. The molecule has 0 spiro atoms. The molecule has 0 saturated carbocycles. The first-order valence-corrected chi connectivity index (χ1v) is 10.4. The molecule has 2 amide bonds. The molecule has 2 aliphatic heterocycles. The van der Waals surface area contributed by atoms with Gasteiger partial charge in [0.2, 0.25) is 5.91 Å². The Morgan fingerprint density at radius 2 is 1.83 bits per heavy atom. The number of nitrogens with zero attached hydrogens (tertiary/aromatic N) is 4. The first-order valence-electron chi connectivity index (χ1n) is 10.4. The predicted octanol–water partition coefficient (Wildman–Crippen LogP) is 2.50. The zero-order chi connectivity index (χ0) is 20.2. The number of amides is 2. The lowest BCUT2D eigenvalue weighted by molar-refractivity contribution is -0.136. The molecule has 29 heavy (non-hydrogen) atoms. The van der Waals surface area contributed by atoms with Gasteiger partial charge >= 0.3 is 0 Å². The van der Waals surface area contributed by atoms with E-state index >= 15 is 0 Å². The van der Waals surface area contributed by atoms with Gasteiger partial charge in [0.05, 0.1) is 6.54 Å². The number of likely N-dealkylation sites (tertiary alicyclic amines) is 1. The second-order valence-electron chi connectivity index (χ2n) is 7.94. The molecule has 1 aromatic heterocycles. The van der Waals surface area contributed by atoms with Crippen LogP contribution in [0.1, 0.15) is 36.7 Å². The van der Waals surface area contributed by atoms with Gasteiger partial charge in [-0.2, -0.15) is 0 Å². The number of piperidine rings is 1. The molecule has 0 N–H and O–H groups in total. The smallest absolute Gasteiger partial charge is 0.276 e. The van der Waals surface area contributed by atoms with Crippen molar-refractivity contribution < 1.29 is 14.1 Å². The molecule has 7 nitrogen and oxygen atoms in total. The molecule has 0 aliphatic carbocycles. The fourth-order valence-electron chi connectivity index (χ4n) is 4.14. The summed E-state index contributed by atoms with van der Waals surface area (Å²) in [7, 11) is 0. The topological polar surface area (TPSA) is 69.9 Å². The minimum absolute atomic E-state index is 0.119. The SMILES string of the molecule is CC1CCCCN1C(=O)CN1CCN(C(=O)c2cc(-c3ccccc3)on2)CC1. The average molecular weight is 396 g/mol. The number of carbonyl (C=O) groups excluding carboxylic acids is 2. The summed E-state index contributed by atoms with van der Waals surface area (Å²) in [5.41, 5.74) is 1.23. The second kappa shape index (κ2) is 8.78. The maximum atomic E-state index is 12.8. The van der Waals surface area contributed by atoms with Gasteiger partial charge in [-0.05, 0) is 26.2 Å². The Morgan fingerprint density at radius 3 is 2.55 bits per heavy atom. The molecule has 2 saturated heterocycles. The Balaban J connectivity index is 1.30. The quantitative estimate of drug-likeness (QED) is 0.794. The van der Waals surface area contributed by atoms with Crippen LogP contribution in [-0.2, 0) is 4.79 Å². The number of hydrogen-bond donors (Lipinski definition) is 0. The molecule has 1 aromatic carbocycles. The van der Waals surface area contributed by atoms with Gasteiger partial charge in [-0.3, -0.25) is 14.5 Å². The third kappa shape index (κ3) is 4.50. The van der Waals surface area contributed by atoms with Crippen LogP contribution in [0.2, 0.25) is 0 Å². The molecule has 1 atom stereocenters. The monoisotopic (exact) mass is 396 g/mol. The zero-order valence-electron chi connectivity index (χ0n) is 16.9. The molecular formula is C22H28N4O3. The van der Waals surface area contributed by atoms with Crippen LogP contribution in [-0.4, -0.2) is 77.0 Å². The summed E-state index contributed by atoms with van der Waals surface area (Å²) in [5.74, 6) is 0.682. The van der Waals surface area contributed by atoms with E-state index in [1.54, 1.807) is 11.0 Å². The first kappa shape index (κ1) is 19.6. The highest BCUT2D eigenvalue weighted by atomic mass is 16.5. The van der Waals surface area contributed by atoms with E-state index in [1.807, 2.05) is 35.2 Å². The molecule has 1 unspecified atom stereocenters. The average Bonchev–Trinajstić information content (AvgIpc) is 3.25. The van der Waals surface area contributed by atoms with Crippen molar-refractivity contribution in [3.05, 3.63) is 42.1 Å². The second-order valence-corrected chi connectivity index (χ2v) is 7.94. The summed E-state index contributed by atoms with van der Waals surface area (Å²) in [6, 6.07) is 11.7. The standard InChI is InChI=1S/C22H28N4O3/c1-17-7-5-6-10-26(17)21(27)16-24-11-13-25(14-12-24)22(28)19-15-20(29-23-19)18-8-3-2-4-9-18/h2-4,8-9,15,17H,5-7,10-14,16H2,1H3. The minimum Gasteiger partial charge on any atom is -0.355 e. The zero-order valence-corrected chi connectivity index (χ0v) is 16.9. The van der Waals surface area contributed by atoms with Crippen LogP contribution in [0, 0.1) is 0 Å². The third-order valence-electron chi connectivity index (χ3n) is 5.93. The minimum atomic E-state index is -0.119. The van der Waals surface area contributed by atoms with Gasteiger partial charge < -0.3 is 14.3 Å². The molecule has 2 aromatic rings. The van der Waals surface area contributed by atoms with E-state index < -0.39 is 0 Å². The lowest BCUT2D eigenvalue weighted by Gasteiger charge is -2.37. The lowest BCUT2D eigenvalue weighted by atomic mass is 10.0. The van der Waals surface area contributed by atoms with Gasteiger partial charge in [-0.25, -0.2) is 0 Å². The number of hydrogen-bond acceptors (Lipinski definition) is 5. The third-order valence-corrected chi connectivity index (χ3v) is 5.93. The van der Waals surface area contributed by atoms with Crippen LogP contribution in [0.5, 0.6) is 0 Å². The van der Waals surface area contributed by atoms with Crippen molar-refractivity contribution >= 4 is 11.8 Å². The van der Waals surface area contributed by atoms with Crippen molar-refractivity contribution in [1.29, 1.82) is 0 Å². The van der Waals surface area contributed by atoms with E-state index in [4.69, 9.17) is 4.52 Å². The molecule has 2 fully saturated rings. The van der Waals surface area contributed by atoms with Crippen molar-refractivity contribution in [2.24, 2.45) is 0 Å². The van der Waals surface area contributed by atoms with Gasteiger partial charge in [0.15, 0.2) is 11.5 Å². The van der Waals surface area contributed by atoms with Gasteiger partial charge in [0.25, 0.3) is 5.91 Å². The maximum Gasteiger partial charge on any atom is 0.276 e. The maximum absolute atomic E-state index is 12.8. The molecule has 0 radical (unpaired) electrons. The fourth-order valence-corrected chi connectivity index (χ4v) is 4.14. The van der Waals surface area contributed by atoms with E-state index in [0.29, 0.717) is 50.2 Å². The molecule has 4 rings (SSSR count). The summed E-state index contributed by atoms with van der Waals surface area (Å²) in [6.45, 7) is 6.02. The summed E-state index contributed by atoms with van der Waals surface area (Å²) in [6.07, 6.45) is 3.40. The van der Waals surface area contributed by atoms with Crippen LogP contribution in [0.25, 0.3) is 11.3 Å². The summed E-state index contributed by atoms with van der Waals surface area (Å²) in [5, 5.41) is 3.96. The highest BCUT2D eigenvalue weighted by Crippen LogP contribution is 2.21. The molecule has 2 aliphatic rings. The molecule has 154 valence electrons. The number of benzene rings is 1. The van der Waals surface area contributed by atoms with Crippen LogP contribution in [0.15, 0.2) is 40.9 Å². The van der Waals surface area contributed by atoms with E-state index in [9.17, 15) is 9.59 Å². The van der Waals surface area contributed by atoms with E-state index in [2.05, 4.69) is 17.0 Å². The normalized spacial score (nSPS) is 20.7. The first-order chi connectivity index (χ1) is 14.1. The Morgan fingerprint density at radius 1 is 1.07 bits per heavy atom. The van der Waals surface area contributed by atoms with Gasteiger partial charge in [0.1, 0.15) is 0 Å². The molecule has 3 heterocycles. The highest BCUT2D eigenvalue weighted by Gasteiger charge is 2.28. The van der Waals surface area contributed by atoms with Crippen LogP contribution >= 0.6 is 0 Å². The Hall–Kier alpha value is -2.67. The van der Waals surface area contributed by atoms with E-state index in [-0.39, 0.29) is 11.8 Å². The van der Waals surface area contributed by atoms with Crippen LogP contribution < -0.4 is 0 Å². The van der Waals surface area contributed by atoms with Crippen LogP contribution in [0.3, 0.4) is 0 Å². The predicted molar refractivity (Wildman–Crippen MR) is 109 cm³/mol. The van der Waals surface area contributed by atoms with Crippen molar-refractivity contribution in [3.8, 4) is 11.3 Å². The summed E-state index contributed by atoms with van der Waals surface area (Å²) in [4.78, 5) is 31.4. The van der Waals surface area contributed by atoms with Gasteiger partial charge in [0, 0.05) is 50.4 Å². The number of carbonyl (C=O) groups is 2. The van der Waals surface area contributed by atoms with Crippen molar-refractivity contribution in [2.75, 3.05) is 39.3 Å². The molecular weight excluding hydrogens is 368 g/mol. The van der Waals surface area contributed by atoms with Gasteiger partial charge in [-0.15, -0.1) is 0 Å². The number of piperazine rings is 1. The Kier molecular flexibility index (Phi) is 5.94. The Labute approximate surface area is 171 Å². The Bertz CT molecular complexity index is 843. The lowest BCUT2D eigenvalue weighted by Crippen LogP contribution is -2.53. The molecule has 7 heteroatoms. The van der Waals surface area contributed by atoms with E-state index in [0.717, 1.165) is 24.9 Å². The van der Waals surface area contributed by atoms with Crippen molar-refractivity contribution in [2.45, 2.75) is 32.2 Å². The van der Waals surface area contributed by atoms with E-state index in [1.165, 1.54) is 6.42 Å². The highest BCUT2D eigenvalue weighted by molar-refractivity contribution is 5.93. The summed E-state index contributed by atoms with van der Waals surface area (Å²) < 4.78 is 5.36. The fraction of sp³-hybridized carbons (Fsp3) is 0.500.